The number of pyridine rings is 2. The van der Waals surface area contributed by atoms with Crippen molar-refractivity contribution in [1.29, 1.82) is 0 Å². The minimum absolute atomic E-state index is 0.114. The van der Waals surface area contributed by atoms with E-state index in [1.807, 2.05) is 12.1 Å². The number of likely N-dealkylation sites (tertiary alicyclic amines) is 1. The first-order chi connectivity index (χ1) is 17.1. The molecule has 1 aliphatic heterocycles. The quantitative estimate of drug-likeness (QED) is 0.365. The van der Waals surface area contributed by atoms with Crippen LogP contribution < -0.4 is 5.32 Å². The van der Waals surface area contributed by atoms with Crippen molar-refractivity contribution in [3.8, 4) is 11.5 Å². The summed E-state index contributed by atoms with van der Waals surface area (Å²) in [5, 5.41) is 11.2. The number of carbonyl (C=O) groups is 1. The molecule has 0 unspecified atom stereocenters. The van der Waals surface area contributed by atoms with Crippen molar-refractivity contribution >= 4 is 28.0 Å². The average Bonchev–Trinajstić information content (AvgIpc) is 3.50. The van der Waals surface area contributed by atoms with Crippen LogP contribution in [0.5, 0.6) is 0 Å². The number of rotatable bonds is 5. The summed E-state index contributed by atoms with van der Waals surface area (Å²) in [4.78, 5) is 31.9. The van der Waals surface area contributed by atoms with Crippen LogP contribution in [0.2, 0.25) is 0 Å². The van der Waals surface area contributed by atoms with Crippen molar-refractivity contribution in [3.63, 3.8) is 0 Å². The van der Waals surface area contributed by atoms with Gasteiger partial charge in [0.25, 0.3) is 5.91 Å². The lowest BCUT2D eigenvalue weighted by Gasteiger charge is -2.32. The summed E-state index contributed by atoms with van der Waals surface area (Å²) in [5.41, 5.74) is 6.01. The molecule has 35 heavy (non-hydrogen) atoms. The summed E-state index contributed by atoms with van der Waals surface area (Å²) < 4.78 is 0. The van der Waals surface area contributed by atoms with Crippen LogP contribution in [0, 0.1) is 6.92 Å². The van der Waals surface area contributed by atoms with Gasteiger partial charge in [0.1, 0.15) is 5.69 Å². The van der Waals surface area contributed by atoms with Crippen LogP contribution in [0.1, 0.15) is 34.3 Å². The second-order valence-corrected chi connectivity index (χ2v) is 9.18. The minimum atomic E-state index is -0.114. The number of aromatic nitrogens is 6. The van der Waals surface area contributed by atoms with Crippen LogP contribution in [0.3, 0.4) is 0 Å². The Balaban J connectivity index is 1.13. The van der Waals surface area contributed by atoms with Gasteiger partial charge in [-0.05, 0) is 37.5 Å². The van der Waals surface area contributed by atoms with Gasteiger partial charge in [0, 0.05) is 38.1 Å². The fourth-order valence-electron chi connectivity index (χ4n) is 4.64. The standard InChI is InChI=1S/C26H26N8O/c1-16-2-4-17(5-3-16)15-34-10-7-19(8-11-34)29-26(35)18-12-20-23(32-33-24(20)28-13-18)25-30-21-6-9-27-14-22(21)31-25/h2-6,9,12-14,19H,7-8,10-11,15H2,1H3,(H,29,35)(H,30,31)(H,28,32,33). The first-order valence-electron chi connectivity index (χ1n) is 11.9. The third-order valence-electron chi connectivity index (χ3n) is 6.64. The number of imidazole rings is 1. The highest BCUT2D eigenvalue weighted by Gasteiger charge is 2.22. The number of amides is 1. The van der Waals surface area contributed by atoms with E-state index in [9.17, 15) is 4.79 Å². The Morgan fingerprint density at radius 3 is 2.77 bits per heavy atom. The fourth-order valence-corrected chi connectivity index (χ4v) is 4.64. The maximum atomic E-state index is 13.0. The summed E-state index contributed by atoms with van der Waals surface area (Å²) in [5.74, 6) is 0.521. The van der Waals surface area contributed by atoms with Gasteiger partial charge in [-0.1, -0.05) is 29.8 Å². The number of hydrogen-bond donors (Lipinski definition) is 3. The fraction of sp³-hybridized carbons (Fsp3) is 0.269. The SMILES string of the molecule is Cc1ccc(CN2CCC(NC(=O)c3cnc4n[nH]c(-c5nc6ccncc6[nH]5)c4c3)CC2)cc1. The van der Waals surface area contributed by atoms with E-state index in [4.69, 9.17) is 0 Å². The third-order valence-corrected chi connectivity index (χ3v) is 6.64. The first-order valence-corrected chi connectivity index (χ1v) is 11.9. The summed E-state index contributed by atoms with van der Waals surface area (Å²) in [7, 11) is 0. The van der Waals surface area contributed by atoms with Crippen LogP contribution in [0.15, 0.2) is 55.0 Å². The highest BCUT2D eigenvalue weighted by atomic mass is 16.1. The van der Waals surface area contributed by atoms with E-state index in [1.165, 1.54) is 11.1 Å². The van der Waals surface area contributed by atoms with Crippen LogP contribution >= 0.6 is 0 Å². The monoisotopic (exact) mass is 466 g/mol. The first kappa shape index (κ1) is 21.4. The van der Waals surface area contributed by atoms with Crippen LogP contribution in [0.4, 0.5) is 0 Å². The number of H-pyrrole nitrogens is 2. The van der Waals surface area contributed by atoms with Crippen LogP contribution in [0.25, 0.3) is 33.6 Å². The number of carbonyl (C=O) groups excluding carboxylic acids is 1. The third kappa shape index (κ3) is 4.38. The maximum Gasteiger partial charge on any atom is 0.253 e. The molecule has 1 fully saturated rings. The second kappa shape index (κ2) is 8.92. The molecule has 5 heterocycles. The number of piperidine rings is 1. The summed E-state index contributed by atoms with van der Waals surface area (Å²) in [6.07, 6.45) is 6.87. The molecule has 1 amide bonds. The second-order valence-electron chi connectivity index (χ2n) is 9.18. The molecule has 9 nitrogen and oxygen atoms in total. The number of benzene rings is 1. The number of hydrogen-bond acceptors (Lipinski definition) is 6. The zero-order chi connectivity index (χ0) is 23.8. The molecular formula is C26H26N8O. The Morgan fingerprint density at radius 2 is 1.97 bits per heavy atom. The van der Waals surface area contributed by atoms with E-state index in [0.717, 1.165) is 48.9 Å². The highest BCUT2D eigenvalue weighted by molar-refractivity contribution is 6.00. The number of aromatic amines is 2. The number of nitrogens with zero attached hydrogens (tertiary/aromatic N) is 5. The van der Waals surface area contributed by atoms with Crippen LogP contribution in [-0.2, 0) is 6.54 Å². The molecule has 9 heteroatoms. The smallest absolute Gasteiger partial charge is 0.253 e. The molecule has 176 valence electrons. The number of nitrogens with one attached hydrogen (secondary N) is 3. The van der Waals surface area contributed by atoms with Gasteiger partial charge in [-0.15, -0.1) is 0 Å². The van der Waals surface area contributed by atoms with E-state index in [2.05, 4.69) is 71.5 Å². The molecule has 0 bridgehead atoms. The molecular weight excluding hydrogens is 440 g/mol. The van der Waals surface area contributed by atoms with Gasteiger partial charge in [0.05, 0.1) is 28.2 Å². The van der Waals surface area contributed by atoms with Crippen molar-refractivity contribution in [2.75, 3.05) is 13.1 Å². The van der Waals surface area contributed by atoms with Crippen molar-refractivity contribution in [1.82, 2.24) is 40.3 Å². The van der Waals surface area contributed by atoms with Gasteiger partial charge in [0.15, 0.2) is 11.5 Å². The summed E-state index contributed by atoms with van der Waals surface area (Å²) in [6.45, 7) is 4.98. The Hall–Kier alpha value is -4.11. The van der Waals surface area contributed by atoms with E-state index in [1.54, 1.807) is 18.6 Å². The van der Waals surface area contributed by atoms with Crippen molar-refractivity contribution in [2.45, 2.75) is 32.4 Å². The topological polar surface area (TPSA) is 115 Å². The Morgan fingerprint density at radius 1 is 1.14 bits per heavy atom. The molecule has 3 N–H and O–H groups in total. The zero-order valence-electron chi connectivity index (χ0n) is 19.5. The lowest BCUT2D eigenvalue weighted by atomic mass is 10.0. The highest BCUT2D eigenvalue weighted by Crippen LogP contribution is 2.26. The normalized spacial score (nSPS) is 15.1. The van der Waals surface area contributed by atoms with Gasteiger partial charge in [-0.2, -0.15) is 5.10 Å². The minimum Gasteiger partial charge on any atom is -0.349 e. The van der Waals surface area contributed by atoms with Gasteiger partial charge in [-0.3, -0.25) is 19.8 Å². The molecule has 1 aromatic carbocycles. The lowest BCUT2D eigenvalue weighted by Crippen LogP contribution is -2.44. The number of fused-ring (bicyclic) bond motifs is 2. The Bertz CT molecular complexity index is 1460. The Kier molecular flexibility index (Phi) is 5.46. The van der Waals surface area contributed by atoms with Gasteiger partial charge < -0.3 is 10.3 Å². The van der Waals surface area contributed by atoms with E-state index < -0.39 is 0 Å². The zero-order valence-corrected chi connectivity index (χ0v) is 19.5. The van der Waals surface area contributed by atoms with Crippen molar-refractivity contribution in [3.05, 3.63) is 71.7 Å². The maximum absolute atomic E-state index is 13.0. The van der Waals surface area contributed by atoms with E-state index in [0.29, 0.717) is 22.7 Å². The molecule has 0 radical (unpaired) electrons. The molecule has 0 atom stereocenters. The van der Waals surface area contributed by atoms with Crippen molar-refractivity contribution in [2.24, 2.45) is 0 Å². The average molecular weight is 467 g/mol. The molecule has 6 rings (SSSR count). The van der Waals surface area contributed by atoms with Gasteiger partial charge in [0.2, 0.25) is 0 Å². The van der Waals surface area contributed by atoms with E-state index >= 15 is 0 Å². The predicted octanol–water partition coefficient (Wildman–Crippen LogP) is 3.60. The van der Waals surface area contributed by atoms with Gasteiger partial charge in [-0.25, -0.2) is 9.97 Å². The predicted molar refractivity (Wildman–Crippen MR) is 134 cm³/mol. The molecule has 0 aliphatic carbocycles. The van der Waals surface area contributed by atoms with Crippen LogP contribution in [-0.4, -0.2) is 60.1 Å². The molecule has 4 aromatic heterocycles. The lowest BCUT2D eigenvalue weighted by molar-refractivity contribution is 0.0908. The summed E-state index contributed by atoms with van der Waals surface area (Å²) in [6, 6.07) is 12.5. The van der Waals surface area contributed by atoms with Crippen molar-refractivity contribution < 1.29 is 4.79 Å². The molecule has 1 saturated heterocycles. The molecule has 0 saturated carbocycles. The summed E-state index contributed by atoms with van der Waals surface area (Å²) >= 11 is 0. The Labute approximate surface area is 202 Å². The molecule has 1 aliphatic rings. The molecule has 5 aromatic rings. The number of aryl methyl sites for hydroxylation is 1. The van der Waals surface area contributed by atoms with Gasteiger partial charge >= 0.3 is 0 Å². The largest absolute Gasteiger partial charge is 0.349 e. The van der Waals surface area contributed by atoms with E-state index in [-0.39, 0.29) is 11.9 Å². The molecule has 0 spiro atoms.